The first-order valence-corrected chi connectivity index (χ1v) is 7.82. The highest BCUT2D eigenvalue weighted by Gasteiger charge is 2.12. The lowest BCUT2D eigenvalue weighted by Crippen LogP contribution is -2.21. The van der Waals surface area contributed by atoms with Gasteiger partial charge in [-0.15, -0.1) is 11.3 Å². The van der Waals surface area contributed by atoms with Crippen LogP contribution in [0.1, 0.15) is 36.4 Å². The molecule has 0 spiro atoms. The van der Waals surface area contributed by atoms with E-state index in [9.17, 15) is 0 Å². The van der Waals surface area contributed by atoms with E-state index in [2.05, 4.69) is 59.4 Å². The monoisotopic (exact) mass is 343 g/mol. The van der Waals surface area contributed by atoms with Gasteiger partial charge in [-0.2, -0.15) is 0 Å². The first-order valence-electron chi connectivity index (χ1n) is 5.83. The van der Waals surface area contributed by atoms with Gasteiger partial charge in [0, 0.05) is 22.0 Å². The van der Waals surface area contributed by atoms with Crippen LogP contribution in [0.3, 0.4) is 0 Å². The number of hydrogen-bond donors (Lipinski definition) is 1. The third-order valence-electron chi connectivity index (χ3n) is 2.89. The van der Waals surface area contributed by atoms with Crippen LogP contribution >= 0.6 is 38.9 Å². The number of benzene rings is 1. The average Bonchev–Trinajstić information content (AvgIpc) is 2.76. The Morgan fingerprint density at radius 1 is 1.06 bits per heavy atom. The fourth-order valence-corrected chi connectivity index (χ4v) is 3.43. The maximum atomic E-state index is 5.90. The molecule has 1 aromatic heterocycles. The predicted molar refractivity (Wildman–Crippen MR) is 83.4 cm³/mol. The van der Waals surface area contributed by atoms with Gasteiger partial charge in [0.05, 0.1) is 3.79 Å². The molecule has 2 aromatic rings. The number of nitrogens with one attached hydrogen (secondary N) is 1. The molecular weight excluding hydrogens is 330 g/mol. The lowest BCUT2D eigenvalue weighted by molar-refractivity contribution is 0.500. The molecular formula is C14H15BrClNS. The van der Waals surface area contributed by atoms with E-state index in [-0.39, 0.29) is 0 Å². The van der Waals surface area contributed by atoms with Crippen LogP contribution in [0.15, 0.2) is 40.2 Å². The molecule has 18 heavy (non-hydrogen) atoms. The molecule has 1 nitrogen and oxygen atoms in total. The summed E-state index contributed by atoms with van der Waals surface area (Å²) in [5.41, 5.74) is 1.25. The van der Waals surface area contributed by atoms with E-state index in [1.54, 1.807) is 11.3 Å². The van der Waals surface area contributed by atoms with Crippen LogP contribution in [-0.2, 0) is 0 Å². The Morgan fingerprint density at radius 2 is 1.72 bits per heavy atom. The summed E-state index contributed by atoms with van der Waals surface area (Å²) in [6.45, 7) is 4.35. The van der Waals surface area contributed by atoms with Gasteiger partial charge in [-0.25, -0.2) is 0 Å². The molecule has 0 bridgehead atoms. The predicted octanol–water partition coefficient (Wildman–Crippen LogP) is 5.58. The molecule has 0 aliphatic heterocycles. The van der Waals surface area contributed by atoms with Crippen LogP contribution in [0.4, 0.5) is 0 Å². The minimum Gasteiger partial charge on any atom is -0.303 e. The Labute approximate surface area is 125 Å². The van der Waals surface area contributed by atoms with Crippen molar-refractivity contribution in [3.05, 3.63) is 55.6 Å². The smallest absolute Gasteiger partial charge is 0.0701 e. The van der Waals surface area contributed by atoms with Gasteiger partial charge in [-0.1, -0.05) is 23.7 Å². The van der Waals surface area contributed by atoms with E-state index in [4.69, 9.17) is 11.6 Å². The topological polar surface area (TPSA) is 12.0 Å². The molecule has 4 heteroatoms. The lowest BCUT2D eigenvalue weighted by Gasteiger charge is -2.19. The number of rotatable bonds is 4. The quantitative estimate of drug-likeness (QED) is 0.764. The van der Waals surface area contributed by atoms with Crippen molar-refractivity contribution in [2.45, 2.75) is 25.9 Å². The van der Waals surface area contributed by atoms with Crippen molar-refractivity contribution < 1.29 is 0 Å². The number of halogens is 2. The normalized spacial score (nSPS) is 14.4. The van der Waals surface area contributed by atoms with Crippen molar-refractivity contribution in [3.63, 3.8) is 0 Å². The molecule has 2 atom stereocenters. The van der Waals surface area contributed by atoms with Crippen LogP contribution in [0.2, 0.25) is 5.02 Å². The van der Waals surface area contributed by atoms with Gasteiger partial charge in [-0.3, -0.25) is 0 Å². The Bertz CT molecular complexity index is 509. The minimum atomic E-state index is 0.304. The summed E-state index contributed by atoms with van der Waals surface area (Å²) in [5, 5.41) is 4.37. The minimum absolute atomic E-state index is 0.304. The SMILES string of the molecule is CC(N[C@@H](C)c1ccc(Cl)cc1)c1ccc(Br)s1. The second-order valence-electron chi connectivity index (χ2n) is 4.30. The molecule has 2 rings (SSSR count). The molecule has 0 aliphatic carbocycles. The van der Waals surface area contributed by atoms with Crippen LogP contribution in [0.5, 0.6) is 0 Å². The van der Waals surface area contributed by atoms with Gasteiger partial charge >= 0.3 is 0 Å². The van der Waals surface area contributed by atoms with Crippen LogP contribution in [0.25, 0.3) is 0 Å². The van der Waals surface area contributed by atoms with Crippen molar-refractivity contribution in [3.8, 4) is 0 Å². The fraction of sp³-hybridized carbons (Fsp3) is 0.286. The molecule has 0 amide bonds. The average molecular weight is 345 g/mol. The first kappa shape index (κ1) is 14.1. The second-order valence-corrected chi connectivity index (χ2v) is 7.23. The molecule has 1 aromatic carbocycles. The highest BCUT2D eigenvalue weighted by atomic mass is 79.9. The van der Waals surface area contributed by atoms with Gasteiger partial charge in [0.25, 0.3) is 0 Å². The van der Waals surface area contributed by atoms with Crippen LogP contribution in [0, 0.1) is 0 Å². The molecule has 96 valence electrons. The second kappa shape index (κ2) is 6.20. The summed E-state index contributed by atoms with van der Waals surface area (Å²) in [6.07, 6.45) is 0. The number of hydrogen-bond acceptors (Lipinski definition) is 2. The maximum Gasteiger partial charge on any atom is 0.0701 e. The summed E-state index contributed by atoms with van der Waals surface area (Å²) < 4.78 is 1.17. The Hall–Kier alpha value is -0.350. The molecule has 0 saturated heterocycles. The fourth-order valence-electron chi connectivity index (χ4n) is 1.87. The molecule has 1 unspecified atom stereocenters. The molecule has 0 saturated carbocycles. The van der Waals surface area contributed by atoms with Gasteiger partial charge in [0.15, 0.2) is 0 Å². The third kappa shape index (κ3) is 3.58. The first-order chi connectivity index (χ1) is 8.56. The van der Waals surface area contributed by atoms with Gasteiger partial charge in [0.1, 0.15) is 0 Å². The zero-order chi connectivity index (χ0) is 13.1. The van der Waals surface area contributed by atoms with Crippen molar-refractivity contribution in [1.82, 2.24) is 5.32 Å². The summed E-state index contributed by atoms with van der Waals surface area (Å²) in [5.74, 6) is 0. The van der Waals surface area contributed by atoms with E-state index in [1.165, 1.54) is 14.2 Å². The van der Waals surface area contributed by atoms with Crippen molar-refractivity contribution in [2.24, 2.45) is 0 Å². The Balaban J connectivity index is 2.02. The van der Waals surface area contributed by atoms with Crippen molar-refractivity contribution >= 4 is 38.9 Å². The number of thiophene rings is 1. The summed E-state index contributed by atoms with van der Waals surface area (Å²) in [4.78, 5) is 1.34. The summed E-state index contributed by atoms with van der Waals surface area (Å²) in [6, 6.07) is 12.9. The Kier molecular flexibility index (Phi) is 4.84. The van der Waals surface area contributed by atoms with Crippen molar-refractivity contribution in [2.75, 3.05) is 0 Å². The van der Waals surface area contributed by atoms with Gasteiger partial charge in [0.2, 0.25) is 0 Å². The van der Waals surface area contributed by atoms with E-state index in [1.807, 2.05) is 12.1 Å². The highest BCUT2D eigenvalue weighted by Crippen LogP contribution is 2.28. The van der Waals surface area contributed by atoms with E-state index >= 15 is 0 Å². The van der Waals surface area contributed by atoms with Gasteiger partial charge < -0.3 is 5.32 Å². The highest BCUT2D eigenvalue weighted by molar-refractivity contribution is 9.11. The molecule has 1 heterocycles. The molecule has 0 radical (unpaired) electrons. The zero-order valence-corrected chi connectivity index (χ0v) is 13.4. The molecule has 0 fully saturated rings. The zero-order valence-electron chi connectivity index (χ0n) is 10.3. The third-order valence-corrected chi connectivity index (χ3v) is 4.95. The van der Waals surface area contributed by atoms with Crippen LogP contribution < -0.4 is 5.32 Å². The Morgan fingerprint density at radius 3 is 2.28 bits per heavy atom. The van der Waals surface area contributed by atoms with E-state index in [0.717, 1.165) is 5.02 Å². The lowest BCUT2D eigenvalue weighted by atomic mass is 10.1. The maximum absolute atomic E-state index is 5.90. The largest absolute Gasteiger partial charge is 0.303 e. The summed E-state index contributed by atoms with van der Waals surface area (Å²) >= 11 is 11.2. The molecule has 1 N–H and O–H groups in total. The van der Waals surface area contributed by atoms with E-state index < -0.39 is 0 Å². The standard InChI is InChI=1S/C14H15BrClNS/c1-9(11-3-5-12(16)6-4-11)17-10(2)13-7-8-14(15)18-13/h3-10,17H,1-2H3/t9-,10?/m0/s1. The van der Waals surface area contributed by atoms with Crippen molar-refractivity contribution in [1.29, 1.82) is 0 Å². The van der Waals surface area contributed by atoms with Gasteiger partial charge in [-0.05, 0) is 59.6 Å². The molecule has 0 aliphatic rings. The van der Waals surface area contributed by atoms with Crippen LogP contribution in [-0.4, -0.2) is 0 Å². The summed E-state index contributed by atoms with van der Waals surface area (Å²) in [7, 11) is 0. The van der Waals surface area contributed by atoms with E-state index in [0.29, 0.717) is 12.1 Å².